The standard InChI is InChI=1S/C17H28N4O2S/c1-13(2)16(18)17(23)19-12-15(22)21-9-7-20(8-10-21)6-5-14-4-3-11-24-14/h3-4,11,13,16H,5-10,12,18H2,1-2H3,(H,19,23)/t16-/m0/s1. The van der Waals surface area contributed by atoms with Crippen LogP contribution in [0, 0.1) is 5.92 Å². The van der Waals surface area contributed by atoms with Crippen molar-refractivity contribution in [3.05, 3.63) is 22.4 Å². The maximum atomic E-state index is 12.2. The highest BCUT2D eigenvalue weighted by Gasteiger charge is 2.23. The molecule has 1 fully saturated rings. The van der Waals surface area contributed by atoms with Gasteiger partial charge in [-0.2, -0.15) is 0 Å². The van der Waals surface area contributed by atoms with Crippen molar-refractivity contribution in [1.29, 1.82) is 0 Å². The van der Waals surface area contributed by atoms with E-state index in [-0.39, 0.29) is 24.3 Å². The van der Waals surface area contributed by atoms with E-state index in [0.29, 0.717) is 0 Å². The molecule has 0 unspecified atom stereocenters. The van der Waals surface area contributed by atoms with Crippen molar-refractivity contribution in [2.24, 2.45) is 11.7 Å². The summed E-state index contributed by atoms with van der Waals surface area (Å²) in [5, 5.41) is 4.75. The van der Waals surface area contributed by atoms with Gasteiger partial charge in [0.25, 0.3) is 0 Å². The number of amides is 2. The fraction of sp³-hybridized carbons (Fsp3) is 0.647. The summed E-state index contributed by atoms with van der Waals surface area (Å²) >= 11 is 1.79. The molecule has 1 aliphatic heterocycles. The molecule has 0 aromatic carbocycles. The molecule has 7 heteroatoms. The zero-order chi connectivity index (χ0) is 17.5. The first-order valence-corrected chi connectivity index (χ1v) is 9.41. The van der Waals surface area contributed by atoms with Gasteiger partial charge in [-0.1, -0.05) is 19.9 Å². The molecule has 1 saturated heterocycles. The number of carbonyl (C=O) groups is 2. The molecule has 1 aromatic rings. The number of rotatable bonds is 7. The lowest BCUT2D eigenvalue weighted by Gasteiger charge is -2.34. The predicted octanol–water partition coefficient (Wildman–Crippen LogP) is 0.534. The highest BCUT2D eigenvalue weighted by atomic mass is 32.1. The number of hydrogen-bond acceptors (Lipinski definition) is 5. The number of hydrogen-bond donors (Lipinski definition) is 2. The van der Waals surface area contributed by atoms with Gasteiger partial charge in [0.1, 0.15) is 0 Å². The second kappa shape index (κ2) is 9.15. The van der Waals surface area contributed by atoms with Crippen LogP contribution in [0.5, 0.6) is 0 Å². The largest absolute Gasteiger partial charge is 0.346 e. The van der Waals surface area contributed by atoms with Crippen LogP contribution in [-0.2, 0) is 16.0 Å². The van der Waals surface area contributed by atoms with E-state index in [1.807, 2.05) is 18.7 Å². The van der Waals surface area contributed by atoms with Crippen LogP contribution in [0.1, 0.15) is 18.7 Å². The smallest absolute Gasteiger partial charge is 0.242 e. The Balaban J connectivity index is 1.66. The third-order valence-corrected chi connectivity index (χ3v) is 5.35. The van der Waals surface area contributed by atoms with Crippen molar-refractivity contribution in [3.63, 3.8) is 0 Å². The summed E-state index contributed by atoms with van der Waals surface area (Å²) in [6, 6.07) is 3.68. The maximum absolute atomic E-state index is 12.2. The molecule has 0 saturated carbocycles. The van der Waals surface area contributed by atoms with Crippen LogP contribution >= 0.6 is 11.3 Å². The fourth-order valence-electron chi connectivity index (χ4n) is 2.64. The molecule has 1 aliphatic rings. The Bertz CT molecular complexity index is 525. The molecular weight excluding hydrogens is 324 g/mol. The van der Waals surface area contributed by atoms with Gasteiger partial charge in [-0.25, -0.2) is 0 Å². The van der Waals surface area contributed by atoms with E-state index >= 15 is 0 Å². The molecule has 6 nitrogen and oxygen atoms in total. The number of nitrogens with two attached hydrogens (primary N) is 1. The lowest BCUT2D eigenvalue weighted by atomic mass is 10.1. The highest BCUT2D eigenvalue weighted by molar-refractivity contribution is 7.09. The first-order valence-electron chi connectivity index (χ1n) is 8.53. The van der Waals surface area contributed by atoms with Crippen LogP contribution in [0.25, 0.3) is 0 Å². The molecule has 2 rings (SSSR count). The Morgan fingerprint density at radius 1 is 1.29 bits per heavy atom. The number of piperazine rings is 1. The Morgan fingerprint density at radius 2 is 2.00 bits per heavy atom. The third kappa shape index (κ3) is 5.58. The second-order valence-corrected chi connectivity index (χ2v) is 7.57. The van der Waals surface area contributed by atoms with Crippen LogP contribution in [0.4, 0.5) is 0 Å². The lowest BCUT2D eigenvalue weighted by molar-refractivity contribution is -0.134. The molecule has 2 amide bonds. The van der Waals surface area contributed by atoms with Gasteiger partial charge in [0.2, 0.25) is 11.8 Å². The average molecular weight is 353 g/mol. The predicted molar refractivity (Wildman–Crippen MR) is 96.9 cm³/mol. The Kier molecular flexibility index (Phi) is 7.20. The van der Waals surface area contributed by atoms with E-state index < -0.39 is 6.04 Å². The molecule has 0 bridgehead atoms. The maximum Gasteiger partial charge on any atom is 0.242 e. The van der Waals surface area contributed by atoms with E-state index in [4.69, 9.17) is 5.73 Å². The fourth-order valence-corrected chi connectivity index (χ4v) is 3.34. The quantitative estimate of drug-likeness (QED) is 0.750. The van der Waals surface area contributed by atoms with E-state index in [1.165, 1.54) is 4.88 Å². The van der Waals surface area contributed by atoms with Gasteiger partial charge in [0, 0.05) is 37.6 Å². The minimum Gasteiger partial charge on any atom is -0.346 e. The van der Waals surface area contributed by atoms with Gasteiger partial charge in [-0.3, -0.25) is 14.5 Å². The second-order valence-electron chi connectivity index (χ2n) is 6.54. The summed E-state index contributed by atoms with van der Waals surface area (Å²) in [5.74, 6) is -0.225. The van der Waals surface area contributed by atoms with Gasteiger partial charge in [-0.15, -0.1) is 11.3 Å². The van der Waals surface area contributed by atoms with Crippen molar-refractivity contribution in [2.75, 3.05) is 39.3 Å². The Labute approximate surface area is 148 Å². The summed E-state index contributed by atoms with van der Waals surface area (Å²) in [4.78, 5) is 29.6. The van der Waals surface area contributed by atoms with E-state index in [0.717, 1.165) is 39.1 Å². The number of nitrogens with zero attached hydrogens (tertiary/aromatic N) is 2. The van der Waals surface area contributed by atoms with E-state index in [9.17, 15) is 9.59 Å². The highest BCUT2D eigenvalue weighted by Crippen LogP contribution is 2.11. The molecule has 3 N–H and O–H groups in total. The SMILES string of the molecule is CC(C)[C@H](N)C(=O)NCC(=O)N1CCN(CCc2cccs2)CC1. The zero-order valence-electron chi connectivity index (χ0n) is 14.5. The van der Waals surface area contributed by atoms with Crippen molar-refractivity contribution < 1.29 is 9.59 Å². The summed E-state index contributed by atoms with van der Waals surface area (Å²) in [6.07, 6.45) is 1.06. The van der Waals surface area contributed by atoms with Crippen molar-refractivity contribution in [1.82, 2.24) is 15.1 Å². The Hall–Kier alpha value is -1.44. The summed E-state index contributed by atoms with van der Waals surface area (Å²) in [6.45, 7) is 8.05. The van der Waals surface area contributed by atoms with Crippen LogP contribution in [0.2, 0.25) is 0 Å². The summed E-state index contributed by atoms with van der Waals surface area (Å²) in [7, 11) is 0. The normalized spacial score (nSPS) is 17.1. The van der Waals surface area contributed by atoms with Gasteiger partial charge < -0.3 is 16.0 Å². The van der Waals surface area contributed by atoms with Crippen molar-refractivity contribution in [3.8, 4) is 0 Å². The Morgan fingerprint density at radius 3 is 2.58 bits per heavy atom. The number of nitrogens with one attached hydrogen (secondary N) is 1. The molecule has 2 heterocycles. The molecular formula is C17H28N4O2S. The average Bonchev–Trinajstić information content (AvgIpc) is 3.10. The monoisotopic (exact) mass is 352 g/mol. The molecule has 0 radical (unpaired) electrons. The topological polar surface area (TPSA) is 78.7 Å². The molecule has 0 spiro atoms. The van der Waals surface area contributed by atoms with Crippen LogP contribution in [-0.4, -0.2) is 66.9 Å². The van der Waals surface area contributed by atoms with Crippen molar-refractivity contribution >= 4 is 23.2 Å². The van der Waals surface area contributed by atoms with Gasteiger partial charge >= 0.3 is 0 Å². The number of thiophene rings is 1. The van der Waals surface area contributed by atoms with Crippen LogP contribution in [0.3, 0.4) is 0 Å². The minimum absolute atomic E-state index is 0.0304. The van der Waals surface area contributed by atoms with Gasteiger partial charge in [0.05, 0.1) is 12.6 Å². The first-order chi connectivity index (χ1) is 11.5. The molecule has 1 aromatic heterocycles. The molecule has 24 heavy (non-hydrogen) atoms. The summed E-state index contributed by atoms with van der Waals surface area (Å²) < 4.78 is 0. The van der Waals surface area contributed by atoms with Crippen molar-refractivity contribution in [2.45, 2.75) is 26.3 Å². The van der Waals surface area contributed by atoms with Crippen LogP contribution < -0.4 is 11.1 Å². The minimum atomic E-state index is -0.563. The van der Waals surface area contributed by atoms with Crippen LogP contribution in [0.15, 0.2) is 17.5 Å². The third-order valence-electron chi connectivity index (χ3n) is 4.41. The van der Waals surface area contributed by atoms with Gasteiger partial charge in [-0.05, 0) is 23.8 Å². The number of carbonyl (C=O) groups excluding carboxylic acids is 2. The molecule has 1 atom stereocenters. The molecule has 0 aliphatic carbocycles. The van der Waals surface area contributed by atoms with E-state index in [1.54, 1.807) is 11.3 Å². The summed E-state index contributed by atoms with van der Waals surface area (Å²) in [5.41, 5.74) is 5.77. The zero-order valence-corrected chi connectivity index (χ0v) is 15.3. The van der Waals surface area contributed by atoms with Gasteiger partial charge in [0.15, 0.2) is 0 Å². The molecule has 134 valence electrons. The first kappa shape index (κ1) is 18.9. The lowest BCUT2D eigenvalue weighted by Crippen LogP contribution is -2.53. The van der Waals surface area contributed by atoms with E-state index in [2.05, 4.69) is 27.7 Å².